The fourth-order valence-electron chi connectivity index (χ4n) is 3.62. The van der Waals surface area contributed by atoms with Crippen molar-refractivity contribution in [1.82, 2.24) is 15.0 Å². The summed E-state index contributed by atoms with van der Waals surface area (Å²) < 4.78 is 0. The van der Waals surface area contributed by atoms with E-state index < -0.39 is 0 Å². The van der Waals surface area contributed by atoms with Gasteiger partial charge in [0.2, 0.25) is 0 Å². The van der Waals surface area contributed by atoms with E-state index in [1.807, 2.05) is 24.4 Å². The topological polar surface area (TPSA) is 68.4 Å². The van der Waals surface area contributed by atoms with Crippen molar-refractivity contribution < 1.29 is 4.79 Å². The van der Waals surface area contributed by atoms with Gasteiger partial charge in [0.25, 0.3) is 0 Å². The fourth-order valence-corrected chi connectivity index (χ4v) is 3.62. The van der Waals surface area contributed by atoms with Gasteiger partial charge < -0.3 is 24.5 Å². The first-order valence-corrected chi connectivity index (χ1v) is 9.28. The van der Waals surface area contributed by atoms with Gasteiger partial charge in [0, 0.05) is 51.0 Å². The molecule has 1 unspecified atom stereocenters. The SMILES string of the molecule is CCN(C)c1cccnc1N1CCN(c2cc3cccnc3[nH]2)C(C=O)C1. The van der Waals surface area contributed by atoms with Gasteiger partial charge in [-0.05, 0) is 37.3 Å². The summed E-state index contributed by atoms with van der Waals surface area (Å²) in [6, 6.07) is 9.80. The molecule has 1 fully saturated rings. The number of H-pyrrole nitrogens is 1. The number of rotatable bonds is 5. The van der Waals surface area contributed by atoms with Gasteiger partial charge in [-0.1, -0.05) is 0 Å². The van der Waals surface area contributed by atoms with E-state index in [0.29, 0.717) is 6.54 Å². The van der Waals surface area contributed by atoms with Gasteiger partial charge in [-0.25, -0.2) is 9.97 Å². The highest BCUT2D eigenvalue weighted by atomic mass is 16.1. The number of aromatic amines is 1. The molecule has 7 heteroatoms. The lowest BCUT2D eigenvalue weighted by Crippen LogP contribution is -2.54. The normalized spacial score (nSPS) is 17.3. The van der Waals surface area contributed by atoms with Gasteiger partial charge >= 0.3 is 0 Å². The van der Waals surface area contributed by atoms with Gasteiger partial charge in [-0.15, -0.1) is 0 Å². The van der Waals surface area contributed by atoms with Crippen LogP contribution in [0.25, 0.3) is 11.0 Å². The van der Waals surface area contributed by atoms with Gasteiger partial charge in [-0.3, -0.25) is 0 Å². The van der Waals surface area contributed by atoms with Crippen LogP contribution in [0.1, 0.15) is 6.92 Å². The molecular weight excluding hydrogens is 340 g/mol. The third kappa shape index (κ3) is 3.20. The molecule has 3 aromatic heterocycles. The summed E-state index contributed by atoms with van der Waals surface area (Å²) in [6.07, 6.45) is 4.61. The van der Waals surface area contributed by atoms with Crippen molar-refractivity contribution in [2.24, 2.45) is 0 Å². The van der Waals surface area contributed by atoms with Crippen molar-refractivity contribution in [3.8, 4) is 0 Å². The minimum atomic E-state index is -0.242. The van der Waals surface area contributed by atoms with Gasteiger partial charge in [0.1, 0.15) is 23.8 Å². The van der Waals surface area contributed by atoms with E-state index in [1.165, 1.54) is 0 Å². The Morgan fingerprint density at radius 2 is 2.07 bits per heavy atom. The van der Waals surface area contributed by atoms with Crippen LogP contribution in [-0.4, -0.2) is 60.5 Å². The first kappa shape index (κ1) is 17.3. The number of fused-ring (bicyclic) bond motifs is 1. The number of nitrogens with one attached hydrogen (secondary N) is 1. The van der Waals surface area contributed by atoms with E-state index in [2.05, 4.69) is 55.8 Å². The summed E-state index contributed by atoms with van der Waals surface area (Å²) in [5.74, 6) is 1.87. The molecule has 0 bridgehead atoms. The summed E-state index contributed by atoms with van der Waals surface area (Å²) in [6.45, 7) is 5.16. The van der Waals surface area contributed by atoms with Crippen LogP contribution in [0.3, 0.4) is 0 Å². The minimum Gasteiger partial charge on any atom is -0.372 e. The summed E-state index contributed by atoms with van der Waals surface area (Å²) in [5, 5.41) is 1.05. The maximum atomic E-state index is 11.9. The molecule has 7 nitrogen and oxygen atoms in total. The van der Waals surface area contributed by atoms with Crippen molar-refractivity contribution >= 4 is 34.6 Å². The Bertz CT molecular complexity index is 906. The van der Waals surface area contributed by atoms with Gasteiger partial charge in [0.05, 0.1) is 5.69 Å². The van der Waals surface area contributed by atoms with Crippen LogP contribution in [0.15, 0.2) is 42.7 Å². The van der Waals surface area contributed by atoms with Crippen LogP contribution in [0.4, 0.5) is 17.3 Å². The molecule has 3 aromatic rings. The Labute approximate surface area is 158 Å². The molecule has 4 heterocycles. The molecule has 140 valence electrons. The number of piperazine rings is 1. The number of anilines is 3. The van der Waals surface area contributed by atoms with Crippen molar-refractivity contribution in [1.29, 1.82) is 0 Å². The van der Waals surface area contributed by atoms with Crippen LogP contribution in [0.2, 0.25) is 0 Å². The minimum absolute atomic E-state index is 0.242. The molecule has 1 N–H and O–H groups in total. The molecule has 1 atom stereocenters. The van der Waals surface area contributed by atoms with E-state index in [0.717, 1.165) is 54.3 Å². The first-order chi connectivity index (χ1) is 13.2. The van der Waals surface area contributed by atoms with E-state index in [1.54, 1.807) is 6.20 Å². The highest BCUT2D eigenvalue weighted by molar-refractivity contribution is 5.82. The number of nitrogens with zero attached hydrogens (tertiary/aromatic N) is 5. The number of hydrogen-bond donors (Lipinski definition) is 1. The molecule has 27 heavy (non-hydrogen) atoms. The van der Waals surface area contributed by atoms with Crippen LogP contribution >= 0.6 is 0 Å². The average molecular weight is 364 g/mol. The Balaban J connectivity index is 1.60. The quantitative estimate of drug-likeness (QED) is 0.701. The number of carbonyl (C=O) groups is 1. The Hall–Kier alpha value is -3.09. The lowest BCUT2D eigenvalue weighted by atomic mass is 10.1. The summed E-state index contributed by atoms with van der Waals surface area (Å²) in [4.78, 5) is 30.7. The molecule has 1 aliphatic heterocycles. The van der Waals surface area contributed by atoms with E-state index in [4.69, 9.17) is 0 Å². The summed E-state index contributed by atoms with van der Waals surface area (Å²) in [5.41, 5.74) is 1.93. The molecule has 0 radical (unpaired) electrons. The highest BCUT2D eigenvalue weighted by Gasteiger charge is 2.30. The number of pyridine rings is 2. The second-order valence-electron chi connectivity index (χ2n) is 6.80. The number of aromatic nitrogens is 3. The zero-order valence-electron chi connectivity index (χ0n) is 15.7. The van der Waals surface area contributed by atoms with Crippen LogP contribution in [-0.2, 0) is 4.79 Å². The third-order valence-electron chi connectivity index (χ3n) is 5.21. The van der Waals surface area contributed by atoms with Crippen LogP contribution in [0, 0.1) is 0 Å². The Morgan fingerprint density at radius 3 is 2.85 bits per heavy atom. The molecule has 0 amide bonds. The molecule has 0 aliphatic carbocycles. The largest absolute Gasteiger partial charge is 0.372 e. The van der Waals surface area contributed by atoms with Gasteiger partial charge in [0.15, 0.2) is 5.82 Å². The maximum absolute atomic E-state index is 11.9. The van der Waals surface area contributed by atoms with E-state index in [-0.39, 0.29) is 6.04 Å². The molecule has 1 aliphatic rings. The summed E-state index contributed by atoms with van der Waals surface area (Å²) in [7, 11) is 2.06. The van der Waals surface area contributed by atoms with Crippen molar-refractivity contribution in [3.05, 3.63) is 42.7 Å². The second-order valence-corrected chi connectivity index (χ2v) is 6.80. The van der Waals surface area contributed by atoms with Crippen LogP contribution < -0.4 is 14.7 Å². The molecule has 0 spiro atoms. The van der Waals surface area contributed by atoms with Crippen molar-refractivity contribution in [2.45, 2.75) is 13.0 Å². The van der Waals surface area contributed by atoms with Crippen molar-refractivity contribution in [2.75, 3.05) is 47.9 Å². The van der Waals surface area contributed by atoms with Gasteiger partial charge in [-0.2, -0.15) is 0 Å². The predicted molar refractivity (Wildman–Crippen MR) is 109 cm³/mol. The molecule has 4 rings (SSSR count). The molecular formula is C20H24N6O. The second kappa shape index (κ2) is 7.26. The summed E-state index contributed by atoms with van der Waals surface area (Å²) >= 11 is 0. The lowest BCUT2D eigenvalue weighted by molar-refractivity contribution is -0.109. The average Bonchev–Trinajstić information content (AvgIpc) is 3.16. The number of hydrogen-bond acceptors (Lipinski definition) is 6. The van der Waals surface area contributed by atoms with Crippen molar-refractivity contribution in [3.63, 3.8) is 0 Å². The van der Waals surface area contributed by atoms with E-state index in [9.17, 15) is 4.79 Å². The standard InChI is InChI=1S/C20H24N6O/c1-3-24(2)17-7-5-9-22-20(17)25-10-11-26(16(13-25)14-27)18-12-15-6-4-8-21-19(15)23-18/h4-9,12,14,16H,3,10-11,13H2,1-2H3,(H,21,23). The molecule has 0 aromatic carbocycles. The molecule has 0 saturated carbocycles. The first-order valence-electron chi connectivity index (χ1n) is 9.28. The Morgan fingerprint density at radius 1 is 1.26 bits per heavy atom. The molecule has 1 saturated heterocycles. The third-order valence-corrected chi connectivity index (χ3v) is 5.21. The maximum Gasteiger partial charge on any atom is 0.152 e. The number of aldehydes is 1. The predicted octanol–water partition coefficient (Wildman–Crippen LogP) is 2.31. The fraction of sp³-hybridized carbons (Fsp3) is 0.350. The lowest BCUT2D eigenvalue weighted by Gasteiger charge is -2.41. The Kier molecular flexibility index (Phi) is 4.66. The number of carbonyl (C=O) groups excluding carboxylic acids is 1. The monoisotopic (exact) mass is 364 g/mol. The zero-order valence-corrected chi connectivity index (χ0v) is 15.7. The highest BCUT2D eigenvalue weighted by Crippen LogP contribution is 2.29. The van der Waals surface area contributed by atoms with E-state index >= 15 is 0 Å². The smallest absolute Gasteiger partial charge is 0.152 e. The van der Waals surface area contributed by atoms with Crippen LogP contribution in [0.5, 0.6) is 0 Å². The zero-order chi connectivity index (χ0) is 18.8.